The smallest absolute Gasteiger partial charge is 0.220 e. The van der Waals surface area contributed by atoms with E-state index in [2.05, 4.69) is 10.6 Å². The molecule has 0 unspecified atom stereocenters. The molecule has 21 heavy (non-hydrogen) atoms. The van der Waals surface area contributed by atoms with Gasteiger partial charge >= 0.3 is 0 Å². The van der Waals surface area contributed by atoms with Crippen LogP contribution in [-0.4, -0.2) is 32.0 Å². The molecule has 5 nitrogen and oxygen atoms in total. The number of rotatable bonds is 9. The molecule has 2 N–H and O–H groups in total. The summed E-state index contributed by atoms with van der Waals surface area (Å²) in [5.41, 5.74) is 1.09. The molecule has 1 aromatic rings. The summed E-state index contributed by atoms with van der Waals surface area (Å²) in [5.74, 6) is 0.848. The molecule has 5 heteroatoms. The molecule has 0 saturated heterocycles. The molecule has 0 radical (unpaired) electrons. The van der Waals surface area contributed by atoms with E-state index in [1.165, 1.54) is 6.92 Å². The van der Waals surface area contributed by atoms with Crippen LogP contribution in [0.25, 0.3) is 0 Å². The fourth-order valence-electron chi connectivity index (χ4n) is 1.92. The van der Waals surface area contributed by atoms with Gasteiger partial charge in [-0.2, -0.15) is 0 Å². The van der Waals surface area contributed by atoms with Crippen LogP contribution in [0.2, 0.25) is 0 Å². The van der Waals surface area contributed by atoms with Gasteiger partial charge in [0.2, 0.25) is 11.8 Å². The lowest BCUT2D eigenvalue weighted by molar-refractivity contribution is -0.121. The van der Waals surface area contributed by atoms with Gasteiger partial charge in [-0.15, -0.1) is 0 Å². The third kappa shape index (κ3) is 7.97. The van der Waals surface area contributed by atoms with Crippen LogP contribution in [0, 0.1) is 0 Å². The standard InChI is InChI=1S/C16H24N2O3/c1-13(19)17-10-3-4-11-18-16(20)9-8-14-6-5-7-15(12-14)21-2/h5-7,12H,3-4,8-11H2,1-2H3,(H,17,19)(H,18,20). The average Bonchev–Trinajstić information content (AvgIpc) is 2.48. The first-order valence-electron chi connectivity index (χ1n) is 7.26. The van der Waals surface area contributed by atoms with Crippen LogP contribution in [0.1, 0.15) is 31.7 Å². The van der Waals surface area contributed by atoms with Crippen LogP contribution in [0.3, 0.4) is 0 Å². The third-order valence-electron chi connectivity index (χ3n) is 3.07. The number of aryl methyl sites for hydroxylation is 1. The number of nitrogens with one attached hydrogen (secondary N) is 2. The number of amides is 2. The molecule has 0 spiro atoms. The van der Waals surface area contributed by atoms with E-state index < -0.39 is 0 Å². The van der Waals surface area contributed by atoms with Gasteiger partial charge in [-0.1, -0.05) is 12.1 Å². The molecule has 0 aliphatic rings. The highest BCUT2D eigenvalue weighted by atomic mass is 16.5. The van der Waals surface area contributed by atoms with Crippen molar-refractivity contribution in [2.45, 2.75) is 32.6 Å². The van der Waals surface area contributed by atoms with Crippen LogP contribution in [0.15, 0.2) is 24.3 Å². The van der Waals surface area contributed by atoms with Gasteiger partial charge in [0.05, 0.1) is 7.11 Å². The quantitative estimate of drug-likeness (QED) is 0.680. The van der Waals surface area contributed by atoms with Gasteiger partial charge in [-0.05, 0) is 37.0 Å². The number of hydrogen-bond donors (Lipinski definition) is 2. The summed E-state index contributed by atoms with van der Waals surface area (Å²) in [6.07, 6.45) is 2.91. The van der Waals surface area contributed by atoms with Crippen molar-refractivity contribution in [1.82, 2.24) is 10.6 Å². The highest BCUT2D eigenvalue weighted by molar-refractivity contribution is 5.76. The van der Waals surface area contributed by atoms with Gasteiger partial charge in [-0.25, -0.2) is 0 Å². The Morgan fingerprint density at radius 1 is 1.14 bits per heavy atom. The fourth-order valence-corrected chi connectivity index (χ4v) is 1.92. The summed E-state index contributed by atoms with van der Waals surface area (Å²) in [4.78, 5) is 22.4. The zero-order valence-corrected chi connectivity index (χ0v) is 12.8. The molecule has 116 valence electrons. The Bertz CT molecular complexity index is 461. The second-order valence-electron chi connectivity index (χ2n) is 4.89. The first-order valence-corrected chi connectivity index (χ1v) is 7.26. The highest BCUT2D eigenvalue weighted by Crippen LogP contribution is 2.13. The lowest BCUT2D eigenvalue weighted by Crippen LogP contribution is -2.26. The maximum Gasteiger partial charge on any atom is 0.220 e. The second kappa shape index (κ2) is 9.80. The molecular formula is C16H24N2O3. The number of methoxy groups -OCH3 is 1. The molecule has 0 aliphatic carbocycles. The zero-order chi connectivity index (χ0) is 15.5. The third-order valence-corrected chi connectivity index (χ3v) is 3.07. The summed E-state index contributed by atoms with van der Waals surface area (Å²) in [7, 11) is 1.63. The maximum atomic E-state index is 11.7. The Morgan fingerprint density at radius 3 is 2.52 bits per heavy atom. The van der Waals surface area contributed by atoms with Crippen LogP contribution >= 0.6 is 0 Å². The second-order valence-corrected chi connectivity index (χ2v) is 4.89. The molecular weight excluding hydrogens is 268 g/mol. The van der Waals surface area contributed by atoms with E-state index in [1.54, 1.807) is 7.11 Å². The Labute approximate surface area is 126 Å². The first kappa shape index (κ1) is 17.0. The van der Waals surface area contributed by atoms with Gasteiger partial charge in [0, 0.05) is 26.4 Å². The van der Waals surface area contributed by atoms with Gasteiger partial charge < -0.3 is 15.4 Å². The van der Waals surface area contributed by atoms with Crippen molar-refractivity contribution in [1.29, 1.82) is 0 Å². The van der Waals surface area contributed by atoms with Crippen molar-refractivity contribution in [3.8, 4) is 5.75 Å². The van der Waals surface area contributed by atoms with Gasteiger partial charge in [0.1, 0.15) is 5.75 Å². The lowest BCUT2D eigenvalue weighted by atomic mass is 10.1. The average molecular weight is 292 g/mol. The summed E-state index contributed by atoms with van der Waals surface area (Å²) < 4.78 is 5.15. The number of carbonyl (C=O) groups excluding carboxylic acids is 2. The molecule has 0 saturated carbocycles. The Balaban J connectivity index is 2.12. The Hall–Kier alpha value is -2.04. The van der Waals surface area contributed by atoms with E-state index in [9.17, 15) is 9.59 Å². The monoisotopic (exact) mass is 292 g/mol. The maximum absolute atomic E-state index is 11.7. The zero-order valence-electron chi connectivity index (χ0n) is 12.8. The van der Waals surface area contributed by atoms with E-state index in [0.29, 0.717) is 25.9 Å². The van der Waals surface area contributed by atoms with E-state index in [0.717, 1.165) is 24.2 Å². The SMILES string of the molecule is COc1cccc(CCC(=O)NCCCCNC(C)=O)c1. The summed E-state index contributed by atoms with van der Waals surface area (Å²) in [5, 5.41) is 5.61. The van der Waals surface area contributed by atoms with E-state index >= 15 is 0 Å². The molecule has 0 fully saturated rings. The van der Waals surface area contributed by atoms with Crippen molar-refractivity contribution < 1.29 is 14.3 Å². The molecule has 0 aliphatic heterocycles. The summed E-state index contributed by atoms with van der Waals surface area (Å²) in [6.45, 7) is 2.81. The number of unbranched alkanes of at least 4 members (excludes halogenated alkanes) is 1. The topological polar surface area (TPSA) is 67.4 Å². The van der Waals surface area contributed by atoms with Crippen molar-refractivity contribution in [3.05, 3.63) is 29.8 Å². The molecule has 0 bridgehead atoms. The van der Waals surface area contributed by atoms with Crippen molar-refractivity contribution >= 4 is 11.8 Å². The van der Waals surface area contributed by atoms with Crippen LogP contribution in [0.5, 0.6) is 5.75 Å². The predicted octanol–water partition coefficient (Wildman–Crippen LogP) is 1.66. The van der Waals surface area contributed by atoms with Crippen molar-refractivity contribution in [2.24, 2.45) is 0 Å². The predicted molar refractivity (Wildman–Crippen MR) is 82.2 cm³/mol. The Kier molecular flexibility index (Phi) is 7.94. The van der Waals surface area contributed by atoms with Crippen LogP contribution in [0.4, 0.5) is 0 Å². The largest absolute Gasteiger partial charge is 0.497 e. The van der Waals surface area contributed by atoms with Crippen molar-refractivity contribution in [2.75, 3.05) is 20.2 Å². The highest BCUT2D eigenvalue weighted by Gasteiger charge is 2.02. The number of carbonyl (C=O) groups is 2. The van der Waals surface area contributed by atoms with Crippen LogP contribution < -0.4 is 15.4 Å². The molecule has 0 heterocycles. The lowest BCUT2D eigenvalue weighted by Gasteiger charge is -2.07. The van der Waals surface area contributed by atoms with E-state index in [1.807, 2.05) is 24.3 Å². The van der Waals surface area contributed by atoms with Crippen molar-refractivity contribution in [3.63, 3.8) is 0 Å². The molecule has 2 amide bonds. The summed E-state index contributed by atoms with van der Waals surface area (Å²) >= 11 is 0. The molecule has 0 atom stereocenters. The minimum atomic E-state index is -0.0164. The first-order chi connectivity index (χ1) is 10.1. The summed E-state index contributed by atoms with van der Waals surface area (Å²) in [6, 6.07) is 7.75. The minimum Gasteiger partial charge on any atom is -0.497 e. The van der Waals surface area contributed by atoms with Crippen LogP contribution in [-0.2, 0) is 16.0 Å². The number of ether oxygens (including phenoxy) is 1. The molecule has 1 rings (SSSR count). The Morgan fingerprint density at radius 2 is 1.86 bits per heavy atom. The van der Waals surface area contributed by atoms with Gasteiger partial charge in [-0.3, -0.25) is 9.59 Å². The van der Waals surface area contributed by atoms with Gasteiger partial charge in [0.25, 0.3) is 0 Å². The van der Waals surface area contributed by atoms with Gasteiger partial charge in [0.15, 0.2) is 0 Å². The molecule has 0 aromatic heterocycles. The fraction of sp³-hybridized carbons (Fsp3) is 0.500. The number of benzene rings is 1. The van der Waals surface area contributed by atoms with E-state index in [4.69, 9.17) is 4.74 Å². The number of hydrogen-bond acceptors (Lipinski definition) is 3. The minimum absolute atomic E-state index is 0.0164. The van der Waals surface area contributed by atoms with E-state index in [-0.39, 0.29) is 11.8 Å². The molecule has 1 aromatic carbocycles. The normalized spacial score (nSPS) is 10.0.